The number of amides is 2. The summed E-state index contributed by atoms with van der Waals surface area (Å²) in [7, 11) is 0. The molecule has 2 rings (SSSR count). The molecule has 0 bridgehead atoms. The van der Waals surface area contributed by atoms with Gasteiger partial charge < -0.3 is 10.6 Å². The number of hydrogen-bond acceptors (Lipinski definition) is 2. The van der Waals surface area contributed by atoms with E-state index in [-0.39, 0.29) is 6.03 Å². The third-order valence-corrected chi connectivity index (χ3v) is 3.32. The van der Waals surface area contributed by atoms with Crippen LogP contribution >= 0.6 is 0 Å². The van der Waals surface area contributed by atoms with E-state index in [0.29, 0.717) is 13.1 Å². The third-order valence-electron chi connectivity index (χ3n) is 3.32. The van der Waals surface area contributed by atoms with Gasteiger partial charge in [-0.05, 0) is 49.8 Å². The Kier molecular flexibility index (Phi) is 5.41. The number of urea groups is 1. The van der Waals surface area contributed by atoms with Gasteiger partial charge in [0.1, 0.15) is 0 Å². The normalized spacial score (nSPS) is 14.6. The van der Waals surface area contributed by atoms with Crippen LogP contribution in [-0.2, 0) is 6.54 Å². The maximum Gasteiger partial charge on any atom is 0.315 e. The first-order valence-corrected chi connectivity index (χ1v) is 6.93. The van der Waals surface area contributed by atoms with E-state index in [1.165, 1.54) is 31.3 Å². The van der Waals surface area contributed by atoms with E-state index in [2.05, 4.69) is 21.7 Å². The molecule has 0 saturated heterocycles. The summed E-state index contributed by atoms with van der Waals surface area (Å²) in [6.45, 7) is 1.26. The fourth-order valence-corrected chi connectivity index (χ4v) is 2.21. The van der Waals surface area contributed by atoms with Crippen LogP contribution in [0.25, 0.3) is 0 Å². The summed E-state index contributed by atoms with van der Waals surface area (Å²) in [6, 6.07) is 3.69. The summed E-state index contributed by atoms with van der Waals surface area (Å²) >= 11 is 0. The predicted octanol–water partition coefficient (Wildman–Crippen LogP) is 2.77. The zero-order valence-electron chi connectivity index (χ0n) is 11.2. The van der Waals surface area contributed by atoms with Gasteiger partial charge in [-0.25, -0.2) is 4.79 Å². The molecule has 102 valence electrons. The Bertz CT molecular complexity index is 428. The molecule has 1 aromatic heterocycles. The van der Waals surface area contributed by atoms with Crippen molar-refractivity contribution in [3.8, 4) is 0 Å². The SMILES string of the molecule is O=C(NCCC1=CCCCC1)NCc1ccncc1. The van der Waals surface area contributed by atoms with Crippen molar-refractivity contribution in [2.75, 3.05) is 6.54 Å². The molecule has 4 nitrogen and oxygen atoms in total. The van der Waals surface area contributed by atoms with Crippen molar-refractivity contribution < 1.29 is 4.79 Å². The number of nitrogens with one attached hydrogen (secondary N) is 2. The lowest BCUT2D eigenvalue weighted by Gasteiger charge is -2.13. The molecule has 0 radical (unpaired) electrons. The monoisotopic (exact) mass is 259 g/mol. The molecule has 0 aromatic carbocycles. The standard InChI is InChI=1S/C15H21N3O/c19-15(18-12-14-6-9-16-10-7-14)17-11-8-13-4-2-1-3-5-13/h4,6-7,9-10H,1-3,5,8,11-12H2,(H2,17,18,19). The zero-order valence-corrected chi connectivity index (χ0v) is 11.2. The van der Waals surface area contributed by atoms with Crippen molar-refractivity contribution >= 4 is 6.03 Å². The number of rotatable bonds is 5. The first kappa shape index (κ1) is 13.6. The molecule has 2 amide bonds. The molecule has 1 aromatic rings. The minimum absolute atomic E-state index is 0.103. The van der Waals surface area contributed by atoms with E-state index in [4.69, 9.17) is 0 Å². The molecule has 0 spiro atoms. The van der Waals surface area contributed by atoms with Crippen LogP contribution in [0.1, 0.15) is 37.7 Å². The van der Waals surface area contributed by atoms with Crippen molar-refractivity contribution in [2.45, 2.75) is 38.6 Å². The first-order valence-electron chi connectivity index (χ1n) is 6.93. The van der Waals surface area contributed by atoms with Crippen molar-refractivity contribution in [3.63, 3.8) is 0 Å². The first-order chi connectivity index (χ1) is 9.34. The van der Waals surface area contributed by atoms with E-state index in [9.17, 15) is 4.79 Å². The number of pyridine rings is 1. The van der Waals surface area contributed by atoms with Crippen molar-refractivity contribution in [2.24, 2.45) is 0 Å². The van der Waals surface area contributed by atoms with E-state index in [1.807, 2.05) is 12.1 Å². The fraction of sp³-hybridized carbons (Fsp3) is 0.467. The Labute approximate surface area is 114 Å². The maximum atomic E-state index is 11.6. The van der Waals surface area contributed by atoms with Crippen LogP contribution in [0, 0.1) is 0 Å². The Morgan fingerprint density at radius 1 is 1.21 bits per heavy atom. The van der Waals surface area contributed by atoms with Gasteiger partial charge in [0, 0.05) is 25.5 Å². The van der Waals surface area contributed by atoms with Gasteiger partial charge in [-0.3, -0.25) is 4.98 Å². The minimum Gasteiger partial charge on any atom is -0.338 e. The van der Waals surface area contributed by atoms with Gasteiger partial charge in [0.15, 0.2) is 0 Å². The van der Waals surface area contributed by atoms with Gasteiger partial charge in [0.05, 0.1) is 0 Å². The molecule has 1 heterocycles. The number of nitrogens with zero attached hydrogens (tertiary/aromatic N) is 1. The lowest BCUT2D eigenvalue weighted by molar-refractivity contribution is 0.240. The molecule has 1 aliphatic rings. The third kappa shape index (κ3) is 5.12. The molecule has 0 aliphatic heterocycles. The number of carbonyl (C=O) groups is 1. The number of hydrogen-bond donors (Lipinski definition) is 2. The van der Waals surface area contributed by atoms with Crippen LogP contribution in [0.5, 0.6) is 0 Å². The van der Waals surface area contributed by atoms with Gasteiger partial charge in [-0.15, -0.1) is 0 Å². The number of allylic oxidation sites excluding steroid dienone is 1. The molecule has 2 N–H and O–H groups in total. The highest BCUT2D eigenvalue weighted by atomic mass is 16.2. The lowest BCUT2D eigenvalue weighted by atomic mass is 9.97. The lowest BCUT2D eigenvalue weighted by Crippen LogP contribution is -2.35. The fourth-order valence-electron chi connectivity index (χ4n) is 2.21. The quantitative estimate of drug-likeness (QED) is 0.799. The highest BCUT2D eigenvalue weighted by Gasteiger charge is 2.04. The molecular weight excluding hydrogens is 238 g/mol. The average Bonchev–Trinajstić information content (AvgIpc) is 2.47. The summed E-state index contributed by atoms with van der Waals surface area (Å²) < 4.78 is 0. The van der Waals surface area contributed by atoms with Crippen molar-refractivity contribution in [1.82, 2.24) is 15.6 Å². The smallest absolute Gasteiger partial charge is 0.315 e. The molecule has 0 atom stereocenters. The van der Waals surface area contributed by atoms with Gasteiger partial charge in [0.25, 0.3) is 0 Å². The van der Waals surface area contributed by atoms with E-state index in [0.717, 1.165) is 12.0 Å². The largest absolute Gasteiger partial charge is 0.338 e. The van der Waals surface area contributed by atoms with E-state index < -0.39 is 0 Å². The number of aromatic nitrogens is 1. The Hall–Kier alpha value is -1.84. The second kappa shape index (κ2) is 7.56. The second-order valence-electron chi connectivity index (χ2n) is 4.82. The Morgan fingerprint density at radius 2 is 2.05 bits per heavy atom. The molecule has 0 saturated carbocycles. The van der Waals surface area contributed by atoms with Gasteiger partial charge in [-0.2, -0.15) is 0 Å². The summed E-state index contributed by atoms with van der Waals surface area (Å²) in [5.74, 6) is 0. The molecule has 0 fully saturated rings. The van der Waals surface area contributed by atoms with Gasteiger partial charge in [0.2, 0.25) is 0 Å². The highest BCUT2D eigenvalue weighted by molar-refractivity contribution is 5.73. The summed E-state index contributed by atoms with van der Waals surface area (Å²) in [6.07, 6.45) is 11.7. The van der Waals surface area contributed by atoms with Crippen LogP contribution in [0.15, 0.2) is 36.2 Å². The summed E-state index contributed by atoms with van der Waals surface area (Å²) in [5, 5.41) is 5.73. The van der Waals surface area contributed by atoms with Crippen molar-refractivity contribution in [3.05, 3.63) is 41.7 Å². The zero-order chi connectivity index (χ0) is 13.3. The van der Waals surface area contributed by atoms with Crippen molar-refractivity contribution in [1.29, 1.82) is 0 Å². The van der Waals surface area contributed by atoms with Crippen LogP contribution < -0.4 is 10.6 Å². The Balaban J connectivity index is 1.61. The van der Waals surface area contributed by atoms with Crippen LogP contribution in [0.2, 0.25) is 0 Å². The average molecular weight is 259 g/mol. The minimum atomic E-state index is -0.103. The maximum absolute atomic E-state index is 11.6. The van der Waals surface area contributed by atoms with E-state index in [1.54, 1.807) is 12.4 Å². The summed E-state index contributed by atoms with van der Waals surface area (Å²) in [5.41, 5.74) is 2.54. The number of carbonyl (C=O) groups excluding carboxylic acids is 1. The topological polar surface area (TPSA) is 54.0 Å². The van der Waals surface area contributed by atoms with Crippen LogP contribution in [0.4, 0.5) is 4.79 Å². The second-order valence-corrected chi connectivity index (χ2v) is 4.82. The molecule has 19 heavy (non-hydrogen) atoms. The van der Waals surface area contributed by atoms with Gasteiger partial charge >= 0.3 is 6.03 Å². The molecule has 0 unspecified atom stereocenters. The molecular formula is C15H21N3O. The molecule has 1 aliphatic carbocycles. The van der Waals surface area contributed by atoms with Crippen LogP contribution in [-0.4, -0.2) is 17.6 Å². The van der Waals surface area contributed by atoms with Gasteiger partial charge in [-0.1, -0.05) is 11.6 Å². The Morgan fingerprint density at radius 3 is 2.79 bits per heavy atom. The highest BCUT2D eigenvalue weighted by Crippen LogP contribution is 2.19. The predicted molar refractivity (Wildman–Crippen MR) is 75.6 cm³/mol. The van der Waals surface area contributed by atoms with Crippen LogP contribution in [0.3, 0.4) is 0 Å². The van der Waals surface area contributed by atoms with E-state index >= 15 is 0 Å². The summed E-state index contributed by atoms with van der Waals surface area (Å²) in [4.78, 5) is 15.5. The molecule has 4 heteroatoms.